The summed E-state index contributed by atoms with van der Waals surface area (Å²) in [6, 6.07) is 17.8. The number of carbonyl (C=O) groups excluding carboxylic acids is 1. The molecule has 0 N–H and O–H groups in total. The Hall–Kier alpha value is -3.41. The number of aryl methyl sites for hydroxylation is 2. The van der Waals surface area contributed by atoms with E-state index in [1.165, 1.54) is 11.1 Å². The standard InChI is InChI=1S/C26H30N4O2/c1-4-23-20(3)27-25(21-12-10-19(2)11-13-21)28-26(23)30-16-14-29(15-17-30)24(31)18-32-22-8-6-5-7-9-22/h5-13H,4,14-18H2,1-3H3. The Morgan fingerprint density at radius 2 is 1.62 bits per heavy atom. The number of anilines is 1. The second-order valence-electron chi connectivity index (χ2n) is 8.12. The van der Waals surface area contributed by atoms with Crippen molar-refractivity contribution in [2.45, 2.75) is 27.2 Å². The van der Waals surface area contributed by atoms with Gasteiger partial charge in [-0.15, -0.1) is 0 Å². The average molecular weight is 431 g/mol. The molecule has 0 radical (unpaired) electrons. The molecule has 3 aromatic rings. The number of rotatable bonds is 6. The predicted octanol–water partition coefficient (Wildman–Crippen LogP) is 4.05. The number of hydrogen-bond donors (Lipinski definition) is 0. The molecule has 2 heterocycles. The molecule has 2 aromatic carbocycles. The van der Waals surface area contributed by atoms with E-state index in [2.05, 4.69) is 49.9 Å². The van der Waals surface area contributed by atoms with Crippen LogP contribution in [0.15, 0.2) is 54.6 Å². The van der Waals surface area contributed by atoms with Gasteiger partial charge in [-0.05, 0) is 32.4 Å². The fraction of sp³-hybridized carbons (Fsp3) is 0.346. The van der Waals surface area contributed by atoms with Crippen LogP contribution in [0.1, 0.15) is 23.7 Å². The molecular weight excluding hydrogens is 400 g/mol. The summed E-state index contributed by atoms with van der Waals surface area (Å²) in [5.74, 6) is 2.48. The second kappa shape index (κ2) is 9.81. The first-order valence-electron chi connectivity index (χ1n) is 11.2. The van der Waals surface area contributed by atoms with Crippen LogP contribution in [0.25, 0.3) is 11.4 Å². The van der Waals surface area contributed by atoms with Crippen LogP contribution < -0.4 is 9.64 Å². The zero-order chi connectivity index (χ0) is 22.5. The molecule has 1 aliphatic rings. The van der Waals surface area contributed by atoms with E-state index in [4.69, 9.17) is 14.7 Å². The molecule has 0 saturated carbocycles. The lowest BCUT2D eigenvalue weighted by atomic mass is 10.1. The molecule has 4 rings (SSSR count). The monoisotopic (exact) mass is 430 g/mol. The third kappa shape index (κ3) is 4.90. The molecule has 6 heteroatoms. The maximum atomic E-state index is 12.6. The Balaban J connectivity index is 1.45. The Morgan fingerprint density at radius 3 is 2.28 bits per heavy atom. The summed E-state index contributed by atoms with van der Waals surface area (Å²) in [7, 11) is 0. The van der Waals surface area contributed by atoms with E-state index in [0.29, 0.717) is 18.8 Å². The minimum absolute atomic E-state index is 0.0171. The molecule has 0 atom stereocenters. The number of nitrogens with zero attached hydrogens (tertiary/aromatic N) is 4. The predicted molar refractivity (Wildman–Crippen MR) is 127 cm³/mol. The highest BCUT2D eigenvalue weighted by molar-refractivity contribution is 5.78. The fourth-order valence-corrected chi connectivity index (χ4v) is 4.01. The summed E-state index contributed by atoms with van der Waals surface area (Å²) in [4.78, 5) is 26.5. The van der Waals surface area contributed by atoms with Gasteiger partial charge >= 0.3 is 0 Å². The van der Waals surface area contributed by atoms with Gasteiger partial charge in [0.15, 0.2) is 12.4 Å². The molecular formula is C26H30N4O2. The highest BCUT2D eigenvalue weighted by atomic mass is 16.5. The van der Waals surface area contributed by atoms with Crippen molar-refractivity contribution in [1.82, 2.24) is 14.9 Å². The van der Waals surface area contributed by atoms with Crippen LogP contribution in [-0.4, -0.2) is 53.6 Å². The highest BCUT2D eigenvalue weighted by Crippen LogP contribution is 2.27. The molecule has 0 aliphatic carbocycles. The summed E-state index contributed by atoms with van der Waals surface area (Å²) < 4.78 is 5.63. The van der Waals surface area contributed by atoms with Crippen LogP contribution in [-0.2, 0) is 11.2 Å². The van der Waals surface area contributed by atoms with Gasteiger partial charge in [-0.2, -0.15) is 0 Å². The Labute approximate surface area is 189 Å². The van der Waals surface area contributed by atoms with Gasteiger partial charge in [0.2, 0.25) is 0 Å². The molecule has 1 aliphatic heterocycles. The van der Waals surface area contributed by atoms with Gasteiger partial charge in [0.25, 0.3) is 5.91 Å². The maximum Gasteiger partial charge on any atom is 0.260 e. The van der Waals surface area contributed by atoms with Crippen molar-refractivity contribution in [1.29, 1.82) is 0 Å². The van der Waals surface area contributed by atoms with E-state index < -0.39 is 0 Å². The van der Waals surface area contributed by atoms with Gasteiger partial charge in [0, 0.05) is 43.0 Å². The largest absolute Gasteiger partial charge is 0.484 e. The van der Waals surface area contributed by atoms with E-state index >= 15 is 0 Å². The number of amides is 1. The zero-order valence-electron chi connectivity index (χ0n) is 19.0. The van der Waals surface area contributed by atoms with E-state index in [1.54, 1.807) is 0 Å². The summed E-state index contributed by atoms with van der Waals surface area (Å²) in [5.41, 5.74) is 4.43. The number of aromatic nitrogens is 2. The molecule has 1 amide bonds. The number of hydrogen-bond acceptors (Lipinski definition) is 5. The fourth-order valence-electron chi connectivity index (χ4n) is 4.01. The first kappa shape index (κ1) is 21.8. The van der Waals surface area contributed by atoms with Crippen LogP contribution >= 0.6 is 0 Å². The smallest absolute Gasteiger partial charge is 0.260 e. The van der Waals surface area contributed by atoms with Crippen LogP contribution in [0, 0.1) is 13.8 Å². The summed E-state index contributed by atoms with van der Waals surface area (Å²) in [5, 5.41) is 0. The van der Waals surface area contributed by atoms with Crippen LogP contribution in [0.4, 0.5) is 5.82 Å². The minimum atomic E-state index is 0.0171. The first-order chi connectivity index (χ1) is 15.5. The van der Waals surface area contributed by atoms with Gasteiger partial charge in [0.1, 0.15) is 11.6 Å². The summed E-state index contributed by atoms with van der Waals surface area (Å²) >= 11 is 0. The van der Waals surface area contributed by atoms with Crippen molar-refractivity contribution in [2.24, 2.45) is 0 Å². The van der Waals surface area contributed by atoms with E-state index in [-0.39, 0.29) is 12.5 Å². The van der Waals surface area contributed by atoms with Crippen molar-refractivity contribution in [3.8, 4) is 17.1 Å². The number of para-hydroxylation sites is 1. The third-order valence-electron chi connectivity index (χ3n) is 5.89. The SMILES string of the molecule is CCc1c(C)nc(-c2ccc(C)cc2)nc1N1CCN(C(=O)COc2ccccc2)CC1. The lowest BCUT2D eigenvalue weighted by molar-refractivity contribution is -0.133. The minimum Gasteiger partial charge on any atom is -0.484 e. The third-order valence-corrected chi connectivity index (χ3v) is 5.89. The zero-order valence-corrected chi connectivity index (χ0v) is 19.0. The van der Waals surface area contributed by atoms with Crippen molar-refractivity contribution < 1.29 is 9.53 Å². The van der Waals surface area contributed by atoms with Crippen molar-refractivity contribution in [2.75, 3.05) is 37.7 Å². The second-order valence-corrected chi connectivity index (χ2v) is 8.12. The number of piperazine rings is 1. The Kier molecular flexibility index (Phi) is 6.69. The van der Waals surface area contributed by atoms with Gasteiger partial charge in [-0.3, -0.25) is 4.79 Å². The average Bonchev–Trinajstić information content (AvgIpc) is 2.83. The number of carbonyl (C=O) groups is 1. The molecule has 6 nitrogen and oxygen atoms in total. The quantitative estimate of drug-likeness (QED) is 0.591. The molecule has 0 spiro atoms. The van der Waals surface area contributed by atoms with E-state index in [1.807, 2.05) is 35.2 Å². The molecule has 166 valence electrons. The van der Waals surface area contributed by atoms with Crippen LogP contribution in [0.5, 0.6) is 5.75 Å². The lowest BCUT2D eigenvalue weighted by Crippen LogP contribution is -2.50. The molecule has 0 unspecified atom stereocenters. The van der Waals surface area contributed by atoms with Gasteiger partial charge in [-0.1, -0.05) is 55.0 Å². The van der Waals surface area contributed by atoms with E-state index in [0.717, 1.165) is 42.4 Å². The molecule has 1 fully saturated rings. The first-order valence-corrected chi connectivity index (χ1v) is 11.2. The Bertz CT molecular complexity index is 1060. The lowest BCUT2D eigenvalue weighted by Gasteiger charge is -2.36. The molecule has 0 bridgehead atoms. The van der Waals surface area contributed by atoms with Gasteiger partial charge in [-0.25, -0.2) is 9.97 Å². The Morgan fingerprint density at radius 1 is 0.938 bits per heavy atom. The van der Waals surface area contributed by atoms with Crippen molar-refractivity contribution in [3.63, 3.8) is 0 Å². The topological polar surface area (TPSA) is 58.6 Å². The van der Waals surface area contributed by atoms with Crippen molar-refractivity contribution in [3.05, 3.63) is 71.4 Å². The van der Waals surface area contributed by atoms with E-state index in [9.17, 15) is 4.79 Å². The molecule has 1 aromatic heterocycles. The van der Waals surface area contributed by atoms with Gasteiger partial charge < -0.3 is 14.5 Å². The van der Waals surface area contributed by atoms with Crippen molar-refractivity contribution >= 4 is 11.7 Å². The number of benzene rings is 2. The molecule has 1 saturated heterocycles. The summed E-state index contributed by atoms with van der Waals surface area (Å²) in [6.07, 6.45) is 0.874. The van der Waals surface area contributed by atoms with Gasteiger partial charge in [0.05, 0.1) is 0 Å². The van der Waals surface area contributed by atoms with Crippen LogP contribution in [0.2, 0.25) is 0 Å². The molecule has 32 heavy (non-hydrogen) atoms. The highest BCUT2D eigenvalue weighted by Gasteiger charge is 2.25. The normalized spacial score (nSPS) is 13.8. The summed E-state index contributed by atoms with van der Waals surface area (Å²) in [6.45, 7) is 9.14. The van der Waals surface area contributed by atoms with Crippen LogP contribution in [0.3, 0.4) is 0 Å². The maximum absolute atomic E-state index is 12.6. The number of ether oxygens (including phenoxy) is 1.